The van der Waals surface area contributed by atoms with Crippen molar-refractivity contribution in [1.29, 1.82) is 0 Å². The quantitative estimate of drug-likeness (QED) is 0.338. The molecule has 0 bridgehead atoms. The number of anilines is 2. The monoisotopic (exact) mass is 379 g/mol. The Bertz CT molecular complexity index is 943. The molecule has 28 heavy (non-hydrogen) atoms. The molecule has 0 spiro atoms. The normalized spacial score (nSPS) is 11.1. The van der Waals surface area contributed by atoms with Crippen molar-refractivity contribution >= 4 is 28.7 Å². The van der Waals surface area contributed by atoms with E-state index in [9.17, 15) is 0 Å². The third kappa shape index (κ3) is 4.19. The molecule has 4 aromatic carbocycles. The first kappa shape index (κ1) is 18.1. The van der Waals surface area contributed by atoms with E-state index in [1.54, 1.807) is 0 Å². The zero-order valence-corrected chi connectivity index (χ0v) is 16.3. The summed E-state index contributed by atoms with van der Waals surface area (Å²) in [6.45, 7) is 4.10. The maximum absolute atomic E-state index is 4.10. The highest BCUT2D eigenvalue weighted by atomic mass is 32.2. The van der Waals surface area contributed by atoms with E-state index in [1.807, 2.05) is 48.2 Å². The predicted molar refractivity (Wildman–Crippen MR) is 121 cm³/mol. The number of fused-ring (bicyclic) bond motifs is 2. The molecule has 0 aromatic heterocycles. The Morgan fingerprint density at radius 1 is 0.536 bits per heavy atom. The molecule has 1 nitrogen and oxygen atoms in total. The summed E-state index contributed by atoms with van der Waals surface area (Å²) in [5.41, 5.74) is 5.84. The second-order valence-corrected chi connectivity index (χ2v) is 7.51. The maximum atomic E-state index is 4.10. The Morgan fingerprint density at radius 2 is 0.929 bits per heavy atom. The van der Waals surface area contributed by atoms with Crippen LogP contribution in [0.3, 0.4) is 0 Å². The lowest BCUT2D eigenvalue weighted by molar-refractivity contribution is 1.32. The van der Waals surface area contributed by atoms with Gasteiger partial charge in [0.2, 0.25) is 0 Å². The zero-order valence-electron chi connectivity index (χ0n) is 15.5. The molecule has 0 saturated carbocycles. The van der Waals surface area contributed by atoms with Crippen molar-refractivity contribution in [1.82, 2.24) is 0 Å². The molecule has 0 aliphatic carbocycles. The van der Waals surface area contributed by atoms with E-state index >= 15 is 0 Å². The molecular weight excluding hydrogens is 358 g/mol. The van der Waals surface area contributed by atoms with E-state index < -0.39 is 0 Å². The van der Waals surface area contributed by atoms with Gasteiger partial charge in [-0.2, -0.15) is 0 Å². The third-order valence-electron chi connectivity index (χ3n) is 4.51. The van der Waals surface area contributed by atoms with Crippen molar-refractivity contribution in [3.8, 4) is 0 Å². The van der Waals surface area contributed by atoms with Gasteiger partial charge in [0.05, 0.1) is 11.4 Å². The van der Waals surface area contributed by atoms with Crippen molar-refractivity contribution in [2.24, 2.45) is 0 Å². The number of para-hydroxylation sites is 2. The van der Waals surface area contributed by atoms with Crippen LogP contribution in [0.2, 0.25) is 0 Å². The molecule has 0 saturated heterocycles. The standard InChI is InChI=1S/C14H12.C12H9NS/c1-12(13-8-4-2-5-9-13)14-10-6-3-7-11-14;1-3-7-11-9(5-1)13-10-6-2-4-8-12(10)14-11/h2-11H,1H2;1-8,13H. The van der Waals surface area contributed by atoms with Crippen LogP contribution in [0.25, 0.3) is 5.57 Å². The molecule has 5 rings (SSSR count). The summed E-state index contributed by atoms with van der Waals surface area (Å²) in [5, 5.41) is 3.42. The zero-order chi connectivity index (χ0) is 19.2. The van der Waals surface area contributed by atoms with E-state index in [0.29, 0.717) is 0 Å². The Morgan fingerprint density at radius 3 is 1.39 bits per heavy atom. The highest BCUT2D eigenvalue weighted by Crippen LogP contribution is 2.43. The summed E-state index contributed by atoms with van der Waals surface area (Å²) in [5.74, 6) is 0. The molecule has 0 amide bonds. The second kappa shape index (κ2) is 8.64. The molecule has 1 heterocycles. The minimum atomic E-state index is 1.08. The molecule has 2 heteroatoms. The van der Waals surface area contributed by atoms with E-state index in [-0.39, 0.29) is 0 Å². The van der Waals surface area contributed by atoms with Crippen LogP contribution in [-0.2, 0) is 0 Å². The van der Waals surface area contributed by atoms with Gasteiger partial charge in [-0.15, -0.1) is 0 Å². The van der Waals surface area contributed by atoms with E-state index in [1.165, 1.54) is 32.3 Å². The molecule has 1 N–H and O–H groups in total. The molecule has 0 radical (unpaired) electrons. The fourth-order valence-electron chi connectivity index (χ4n) is 3.03. The molecule has 4 aromatic rings. The number of benzene rings is 4. The highest BCUT2D eigenvalue weighted by Gasteiger charge is 2.13. The number of nitrogens with one attached hydrogen (secondary N) is 1. The number of rotatable bonds is 2. The fraction of sp³-hybridized carbons (Fsp3) is 0. The number of hydrogen-bond acceptors (Lipinski definition) is 2. The van der Waals surface area contributed by atoms with Crippen LogP contribution < -0.4 is 5.32 Å². The van der Waals surface area contributed by atoms with Crippen molar-refractivity contribution < 1.29 is 0 Å². The van der Waals surface area contributed by atoms with Gasteiger partial charge in [-0.3, -0.25) is 0 Å². The summed E-state index contributed by atoms with van der Waals surface area (Å²) in [6, 6.07) is 37.2. The van der Waals surface area contributed by atoms with E-state index in [0.717, 1.165) is 5.57 Å². The van der Waals surface area contributed by atoms with Crippen molar-refractivity contribution in [3.63, 3.8) is 0 Å². The van der Waals surface area contributed by atoms with Gasteiger partial charge in [0.15, 0.2) is 0 Å². The lowest BCUT2D eigenvalue weighted by Crippen LogP contribution is -1.98. The molecular formula is C26H21NS. The van der Waals surface area contributed by atoms with Gasteiger partial charge in [0.25, 0.3) is 0 Å². The number of hydrogen-bond donors (Lipinski definition) is 1. The lowest BCUT2D eigenvalue weighted by Gasteiger charge is -2.19. The van der Waals surface area contributed by atoms with Gasteiger partial charge < -0.3 is 5.32 Å². The van der Waals surface area contributed by atoms with Gasteiger partial charge in [0, 0.05) is 9.79 Å². The smallest absolute Gasteiger partial charge is 0.0526 e. The third-order valence-corrected chi connectivity index (χ3v) is 5.66. The second-order valence-electron chi connectivity index (χ2n) is 6.43. The van der Waals surface area contributed by atoms with Gasteiger partial charge in [-0.25, -0.2) is 0 Å². The molecule has 136 valence electrons. The van der Waals surface area contributed by atoms with Gasteiger partial charge in [0.1, 0.15) is 0 Å². The van der Waals surface area contributed by atoms with Crippen LogP contribution in [0.1, 0.15) is 11.1 Å². The molecule has 1 aliphatic heterocycles. The summed E-state index contributed by atoms with van der Waals surface area (Å²) >= 11 is 1.82. The van der Waals surface area contributed by atoms with Crippen LogP contribution in [0, 0.1) is 0 Å². The first-order chi connectivity index (χ1) is 13.8. The van der Waals surface area contributed by atoms with E-state index in [2.05, 4.69) is 84.7 Å². The Balaban J connectivity index is 0.000000137. The van der Waals surface area contributed by atoms with Crippen LogP contribution in [0.4, 0.5) is 11.4 Å². The van der Waals surface area contributed by atoms with Crippen LogP contribution >= 0.6 is 11.8 Å². The van der Waals surface area contributed by atoms with Crippen molar-refractivity contribution in [3.05, 3.63) is 127 Å². The van der Waals surface area contributed by atoms with Gasteiger partial charge in [-0.05, 0) is 41.0 Å². The average Bonchev–Trinajstić information content (AvgIpc) is 2.79. The van der Waals surface area contributed by atoms with Crippen LogP contribution in [-0.4, -0.2) is 0 Å². The summed E-state index contributed by atoms with van der Waals surface area (Å²) in [4.78, 5) is 2.59. The van der Waals surface area contributed by atoms with Gasteiger partial charge in [-0.1, -0.05) is 103 Å². The average molecular weight is 380 g/mol. The minimum Gasteiger partial charge on any atom is -0.354 e. The first-order valence-corrected chi connectivity index (χ1v) is 10.1. The first-order valence-electron chi connectivity index (χ1n) is 9.24. The molecule has 0 fully saturated rings. The van der Waals surface area contributed by atoms with Gasteiger partial charge >= 0.3 is 0 Å². The summed E-state index contributed by atoms with van der Waals surface area (Å²) < 4.78 is 0. The Labute approximate surface area is 170 Å². The fourth-order valence-corrected chi connectivity index (χ4v) is 4.01. The molecule has 1 aliphatic rings. The summed E-state index contributed by atoms with van der Waals surface area (Å²) in [6.07, 6.45) is 0. The summed E-state index contributed by atoms with van der Waals surface area (Å²) in [7, 11) is 0. The SMILES string of the molecule is C=C(c1ccccc1)c1ccccc1.c1ccc2c(c1)Nc1ccccc1S2. The molecule has 0 atom stereocenters. The largest absolute Gasteiger partial charge is 0.354 e. The van der Waals surface area contributed by atoms with Crippen molar-refractivity contribution in [2.75, 3.05) is 5.32 Å². The predicted octanol–water partition coefficient (Wildman–Crippen LogP) is 7.64. The highest BCUT2D eigenvalue weighted by molar-refractivity contribution is 7.99. The Hall–Kier alpha value is -3.23. The van der Waals surface area contributed by atoms with Crippen LogP contribution in [0.5, 0.6) is 0 Å². The lowest BCUT2D eigenvalue weighted by atomic mass is 10.0. The molecule has 0 unspecified atom stereocenters. The van der Waals surface area contributed by atoms with Crippen LogP contribution in [0.15, 0.2) is 126 Å². The van der Waals surface area contributed by atoms with E-state index in [4.69, 9.17) is 0 Å². The Kier molecular flexibility index (Phi) is 5.60. The minimum absolute atomic E-state index is 1.08. The van der Waals surface area contributed by atoms with Crippen molar-refractivity contribution in [2.45, 2.75) is 9.79 Å². The maximum Gasteiger partial charge on any atom is 0.0526 e. The topological polar surface area (TPSA) is 12.0 Å².